The summed E-state index contributed by atoms with van der Waals surface area (Å²) in [6, 6.07) is 18.6. The first kappa shape index (κ1) is 16.7. The fourth-order valence-corrected chi connectivity index (χ4v) is 3.29. The molecular formula is C21H26N2O. The molecule has 1 fully saturated rings. The number of nitrogens with zero attached hydrogens (tertiary/aromatic N) is 1. The van der Waals surface area contributed by atoms with Gasteiger partial charge in [0.2, 0.25) is 5.91 Å². The first-order chi connectivity index (χ1) is 11.6. The average molecular weight is 322 g/mol. The first-order valence-electron chi connectivity index (χ1n) is 8.74. The van der Waals surface area contributed by atoms with Crippen molar-refractivity contribution in [2.75, 3.05) is 20.1 Å². The molecule has 1 saturated heterocycles. The van der Waals surface area contributed by atoms with Crippen LogP contribution in [0.25, 0.3) is 0 Å². The third kappa shape index (κ3) is 4.04. The van der Waals surface area contributed by atoms with E-state index in [0.29, 0.717) is 0 Å². The van der Waals surface area contributed by atoms with Gasteiger partial charge in [0.15, 0.2) is 0 Å². The van der Waals surface area contributed by atoms with E-state index in [9.17, 15) is 4.79 Å². The fourth-order valence-electron chi connectivity index (χ4n) is 3.29. The molecular weight excluding hydrogens is 296 g/mol. The molecule has 1 aliphatic heterocycles. The summed E-state index contributed by atoms with van der Waals surface area (Å²) >= 11 is 0. The average Bonchev–Trinajstić information content (AvgIpc) is 2.62. The number of piperidine rings is 1. The zero-order chi connectivity index (χ0) is 16.9. The standard InChI is InChI=1S/C21H26N2O/c1-16-8-10-18(11-9-16)20(17-6-4-3-5-7-17)22-21(24)19-12-14-23(2)15-13-19/h3-11,19-20H,12-15H2,1-2H3,(H,22,24)/t20-/m0/s1. The molecule has 24 heavy (non-hydrogen) atoms. The van der Waals surface area contributed by atoms with Crippen LogP contribution >= 0.6 is 0 Å². The minimum Gasteiger partial charge on any atom is -0.345 e. The lowest BCUT2D eigenvalue weighted by atomic mass is 9.93. The van der Waals surface area contributed by atoms with Gasteiger partial charge in [0.1, 0.15) is 0 Å². The number of nitrogens with one attached hydrogen (secondary N) is 1. The Labute approximate surface area is 144 Å². The summed E-state index contributed by atoms with van der Waals surface area (Å²) in [7, 11) is 2.12. The topological polar surface area (TPSA) is 32.3 Å². The minimum atomic E-state index is -0.0843. The zero-order valence-electron chi connectivity index (χ0n) is 14.5. The van der Waals surface area contributed by atoms with Crippen molar-refractivity contribution in [2.45, 2.75) is 25.8 Å². The molecule has 2 aromatic carbocycles. The number of amides is 1. The van der Waals surface area contributed by atoms with Crippen molar-refractivity contribution in [3.63, 3.8) is 0 Å². The molecule has 3 heteroatoms. The predicted octanol–water partition coefficient (Wildman–Crippen LogP) is 3.54. The Kier molecular flexibility index (Phi) is 5.31. The molecule has 0 saturated carbocycles. The maximum atomic E-state index is 12.8. The van der Waals surface area contributed by atoms with Crippen LogP contribution in [0.15, 0.2) is 54.6 Å². The number of benzene rings is 2. The van der Waals surface area contributed by atoms with E-state index >= 15 is 0 Å². The van der Waals surface area contributed by atoms with E-state index in [1.54, 1.807) is 0 Å². The number of hydrogen-bond acceptors (Lipinski definition) is 2. The van der Waals surface area contributed by atoms with E-state index in [1.807, 2.05) is 18.2 Å². The Bertz CT molecular complexity index is 658. The summed E-state index contributed by atoms with van der Waals surface area (Å²) in [5.41, 5.74) is 3.49. The monoisotopic (exact) mass is 322 g/mol. The number of hydrogen-bond donors (Lipinski definition) is 1. The van der Waals surface area contributed by atoms with Gasteiger partial charge in [-0.2, -0.15) is 0 Å². The van der Waals surface area contributed by atoms with Crippen molar-refractivity contribution in [3.8, 4) is 0 Å². The van der Waals surface area contributed by atoms with Gasteiger partial charge in [-0.05, 0) is 51.0 Å². The Hall–Kier alpha value is -2.13. The highest BCUT2D eigenvalue weighted by Crippen LogP contribution is 2.24. The molecule has 1 N–H and O–H groups in total. The molecule has 2 aromatic rings. The van der Waals surface area contributed by atoms with Crippen molar-refractivity contribution in [3.05, 3.63) is 71.3 Å². The summed E-state index contributed by atoms with van der Waals surface area (Å²) in [4.78, 5) is 15.1. The Morgan fingerprint density at radius 3 is 2.21 bits per heavy atom. The van der Waals surface area contributed by atoms with Crippen LogP contribution in [0.1, 0.15) is 35.6 Å². The molecule has 0 unspecified atom stereocenters. The van der Waals surface area contributed by atoms with Crippen molar-refractivity contribution in [1.82, 2.24) is 10.2 Å². The van der Waals surface area contributed by atoms with Gasteiger partial charge >= 0.3 is 0 Å². The van der Waals surface area contributed by atoms with Crippen molar-refractivity contribution in [1.29, 1.82) is 0 Å². The summed E-state index contributed by atoms with van der Waals surface area (Å²) in [6.07, 6.45) is 1.88. The molecule has 0 spiro atoms. The SMILES string of the molecule is Cc1ccc([C@@H](NC(=O)C2CCN(C)CC2)c2ccccc2)cc1. The molecule has 1 heterocycles. The quantitative estimate of drug-likeness (QED) is 0.934. The number of carbonyl (C=O) groups is 1. The molecule has 0 aliphatic carbocycles. The van der Waals surface area contributed by atoms with Gasteiger partial charge in [-0.3, -0.25) is 4.79 Å². The van der Waals surface area contributed by atoms with Crippen LogP contribution in [0.5, 0.6) is 0 Å². The third-order valence-corrected chi connectivity index (χ3v) is 4.92. The van der Waals surface area contributed by atoms with E-state index in [2.05, 4.69) is 60.6 Å². The second-order valence-corrected chi connectivity index (χ2v) is 6.84. The predicted molar refractivity (Wildman–Crippen MR) is 97.8 cm³/mol. The largest absolute Gasteiger partial charge is 0.345 e. The normalized spacial score (nSPS) is 17.4. The van der Waals surface area contributed by atoms with Crippen molar-refractivity contribution in [2.24, 2.45) is 5.92 Å². The van der Waals surface area contributed by atoms with Gasteiger partial charge < -0.3 is 10.2 Å². The Morgan fingerprint density at radius 1 is 1.00 bits per heavy atom. The molecule has 0 radical (unpaired) electrons. The van der Waals surface area contributed by atoms with Gasteiger partial charge in [0.05, 0.1) is 6.04 Å². The van der Waals surface area contributed by atoms with Gasteiger partial charge in [-0.15, -0.1) is 0 Å². The van der Waals surface area contributed by atoms with E-state index in [0.717, 1.165) is 37.1 Å². The van der Waals surface area contributed by atoms with Gasteiger partial charge in [-0.1, -0.05) is 60.2 Å². The zero-order valence-corrected chi connectivity index (χ0v) is 14.5. The lowest BCUT2D eigenvalue weighted by molar-refractivity contribution is -0.126. The summed E-state index contributed by atoms with van der Waals surface area (Å²) in [5.74, 6) is 0.301. The summed E-state index contributed by atoms with van der Waals surface area (Å²) in [6.45, 7) is 4.08. The highest BCUT2D eigenvalue weighted by atomic mass is 16.1. The lowest BCUT2D eigenvalue weighted by Gasteiger charge is -2.30. The van der Waals surface area contributed by atoms with Crippen LogP contribution in [0.3, 0.4) is 0 Å². The molecule has 0 aromatic heterocycles. The van der Waals surface area contributed by atoms with E-state index < -0.39 is 0 Å². The molecule has 1 amide bonds. The van der Waals surface area contributed by atoms with Crippen molar-refractivity contribution < 1.29 is 4.79 Å². The minimum absolute atomic E-state index is 0.0843. The number of likely N-dealkylation sites (tertiary alicyclic amines) is 1. The van der Waals surface area contributed by atoms with Gasteiger partial charge in [0.25, 0.3) is 0 Å². The van der Waals surface area contributed by atoms with Crippen LogP contribution in [-0.4, -0.2) is 30.9 Å². The van der Waals surface area contributed by atoms with E-state index in [1.165, 1.54) is 5.56 Å². The number of aryl methyl sites for hydroxylation is 1. The second-order valence-electron chi connectivity index (χ2n) is 6.84. The number of carbonyl (C=O) groups excluding carboxylic acids is 1. The first-order valence-corrected chi connectivity index (χ1v) is 8.74. The Balaban J connectivity index is 1.80. The summed E-state index contributed by atoms with van der Waals surface area (Å²) in [5, 5.41) is 3.30. The van der Waals surface area contributed by atoms with E-state index in [4.69, 9.17) is 0 Å². The molecule has 1 aliphatic rings. The van der Waals surface area contributed by atoms with Crippen LogP contribution < -0.4 is 5.32 Å². The van der Waals surface area contributed by atoms with Crippen LogP contribution in [0.2, 0.25) is 0 Å². The molecule has 3 nitrogen and oxygen atoms in total. The highest BCUT2D eigenvalue weighted by molar-refractivity contribution is 5.79. The maximum absolute atomic E-state index is 12.8. The van der Waals surface area contributed by atoms with Crippen LogP contribution in [0, 0.1) is 12.8 Å². The van der Waals surface area contributed by atoms with Gasteiger partial charge in [0, 0.05) is 5.92 Å². The third-order valence-electron chi connectivity index (χ3n) is 4.92. The summed E-state index contributed by atoms with van der Waals surface area (Å²) < 4.78 is 0. The van der Waals surface area contributed by atoms with Crippen LogP contribution in [-0.2, 0) is 4.79 Å². The fraction of sp³-hybridized carbons (Fsp3) is 0.381. The Morgan fingerprint density at radius 2 is 1.58 bits per heavy atom. The maximum Gasteiger partial charge on any atom is 0.223 e. The smallest absolute Gasteiger partial charge is 0.223 e. The van der Waals surface area contributed by atoms with Crippen molar-refractivity contribution >= 4 is 5.91 Å². The molecule has 126 valence electrons. The molecule has 0 bridgehead atoms. The number of rotatable bonds is 4. The molecule has 3 rings (SSSR count). The second kappa shape index (κ2) is 7.63. The lowest BCUT2D eigenvalue weighted by Crippen LogP contribution is -2.40. The molecule has 1 atom stereocenters. The van der Waals surface area contributed by atoms with E-state index in [-0.39, 0.29) is 17.9 Å². The van der Waals surface area contributed by atoms with Gasteiger partial charge in [-0.25, -0.2) is 0 Å². The highest BCUT2D eigenvalue weighted by Gasteiger charge is 2.26. The van der Waals surface area contributed by atoms with Crippen LogP contribution in [0.4, 0.5) is 0 Å².